The standard InChI is InChI=1S/C11H17N3O4/c1-8-4-5-12-11(10(8)14(16)17)13(2)6-9(15)7-18-3/h4-5,9,15H,6-7H2,1-3H3/t9-/m1/s1. The molecule has 1 atom stereocenters. The molecule has 0 bridgehead atoms. The maximum Gasteiger partial charge on any atom is 0.314 e. The van der Waals surface area contributed by atoms with E-state index in [9.17, 15) is 15.2 Å². The molecule has 0 radical (unpaired) electrons. The van der Waals surface area contributed by atoms with Gasteiger partial charge in [-0.1, -0.05) is 0 Å². The number of likely N-dealkylation sites (N-methyl/N-ethyl adjacent to an activating group) is 1. The molecule has 1 rings (SSSR count). The highest BCUT2D eigenvalue weighted by molar-refractivity contribution is 5.61. The zero-order valence-corrected chi connectivity index (χ0v) is 10.7. The van der Waals surface area contributed by atoms with Crippen LogP contribution in [0.4, 0.5) is 11.5 Å². The van der Waals surface area contributed by atoms with Gasteiger partial charge in [0.15, 0.2) is 0 Å². The second kappa shape index (κ2) is 6.27. The molecule has 1 aromatic rings. The second-order valence-electron chi connectivity index (χ2n) is 4.05. The van der Waals surface area contributed by atoms with Crippen molar-refractivity contribution in [3.8, 4) is 0 Å². The second-order valence-corrected chi connectivity index (χ2v) is 4.05. The van der Waals surface area contributed by atoms with Gasteiger partial charge in [0.1, 0.15) is 0 Å². The van der Waals surface area contributed by atoms with Crippen molar-refractivity contribution in [1.82, 2.24) is 4.98 Å². The van der Waals surface area contributed by atoms with Gasteiger partial charge in [0.2, 0.25) is 5.82 Å². The maximum absolute atomic E-state index is 11.0. The Hall–Kier alpha value is -1.73. The molecule has 18 heavy (non-hydrogen) atoms. The third-order valence-corrected chi connectivity index (χ3v) is 2.49. The van der Waals surface area contributed by atoms with Crippen LogP contribution in [0.25, 0.3) is 0 Å². The predicted octanol–water partition coefficient (Wildman–Crippen LogP) is 0.742. The summed E-state index contributed by atoms with van der Waals surface area (Å²) in [5.74, 6) is 0.246. The summed E-state index contributed by atoms with van der Waals surface area (Å²) in [6.45, 7) is 2.04. The first-order valence-electron chi connectivity index (χ1n) is 5.45. The molecular weight excluding hydrogens is 238 g/mol. The van der Waals surface area contributed by atoms with Crippen molar-refractivity contribution in [3.63, 3.8) is 0 Å². The van der Waals surface area contributed by atoms with Crippen molar-refractivity contribution in [2.75, 3.05) is 32.2 Å². The molecule has 0 aliphatic rings. The Bertz CT molecular complexity index is 425. The fourth-order valence-electron chi connectivity index (χ4n) is 1.69. The lowest BCUT2D eigenvalue weighted by atomic mass is 10.2. The molecule has 0 aliphatic carbocycles. The molecule has 0 amide bonds. The van der Waals surface area contributed by atoms with Crippen LogP contribution in [-0.2, 0) is 4.74 Å². The van der Waals surface area contributed by atoms with Crippen LogP contribution in [0.3, 0.4) is 0 Å². The van der Waals surface area contributed by atoms with Crippen molar-refractivity contribution in [3.05, 3.63) is 27.9 Å². The molecule has 0 spiro atoms. The highest BCUT2D eigenvalue weighted by Crippen LogP contribution is 2.27. The Balaban J connectivity index is 2.95. The Kier molecular flexibility index (Phi) is 4.99. The monoisotopic (exact) mass is 255 g/mol. The molecule has 0 unspecified atom stereocenters. The predicted molar refractivity (Wildman–Crippen MR) is 66.8 cm³/mol. The van der Waals surface area contributed by atoms with Crippen LogP contribution in [0.15, 0.2) is 12.3 Å². The summed E-state index contributed by atoms with van der Waals surface area (Å²) in [6, 6.07) is 1.58. The molecule has 1 heterocycles. The van der Waals surface area contributed by atoms with Crippen LogP contribution < -0.4 is 4.90 Å². The SMILES string of the molecule is COC[C@H](O)CN(C)c1nccc(C)c1[N+](=O)[O-]. The van der Waals surface area contributed by atoms with Gasteiger partial charge in [-0.15, -0.1) is 0 Å². The van der Waals surface area contributed by atoms with Gasteiger partial charge in [0.05, 0.1) is 17.6 Å². The first-order valence-corrected chi connectivity index (χ1v) is 5.45. The normalized spacial score (nSPS) is 12.2. The summed E-state index contributed by atoms with van der Waals surface area (Å²) >= 11 is 0. The minimum absolute atomic E-state index is 0.0374. The Morgan fingerprint density at radius 3 is 2.89 bits per heavy atom. The molecule has 7 nitrogen and oxygen atoms in total. The van der Waals surface area contributed by atoms with Crippen molar-refractivity contribution in [2.24, 2.45) is 0 Å². The van der Waals surface area contributed by atoms with Gasteiger partial charge in [0, 0.05) is 32.5 Å². The van der Waals surface area contributed by atoms with Crippen LogP contribution in [0.5, 0.6) is 0 Å². The van der Waals surface area contributed by atoms with E-state index >= 15 is 0 Å². The summed E-state index contributed by atoms with van der Waals surface area (Å²) < 4.78 is 4.81. The number of hydrogen-bond donors (Lipinski definition) is 1. The van der Waals surface area contributed by atoms with Gasteiger partial charge < -0.3 is 14.7 Å². The van der Waals surface area contributed by atoms with Crippen molar-refractivity contribution < 1.29 is 14.8 Å². The van der Waals surface area contributed by atoms with Gasteiger partial charge in [-0.25, -0.2) is 4.98 Å². The highest BCUT2D eigenvalue weighted by Gasteiger charge is 2.22. The van der Waals surface area contributed by atoms with Crippen LogP contribution >= 0.6 is 0 Å². The van der Waals surface area contributed by atoms with Crippen molar-refractivity contribution >= 4 is 11.5 Å². The zero-order chi connectivity index (χ0) is 13.7. The Labute approximate surface area is 105 Å². The minimum Gasteiger partial charge on any atom is -0.389 e. The molecule has 0 aliphatic heterocycles. The molecule has 0 saturated heterocycles. The fraction of sp³-hybridized carbons (Fsp3) is 0.545. The molecule has 0 saturated carbocycles. The van der Waals surface area contributed by atoms with Gasteiger partial charge >= 0.3 is 5.69 Å². The topological polar surface area (TPSA) is 88.7 Å². The van der Waals surface area contributed by atoms with E-state index in [1.165, 1.54) is 13.3 Å². The summed E-state index contributed by atoms with van der Waals surface area (Å²) in [4.78, 5) is 16.1. The summed E-state index contributed by atoms with van der Waals surface area (Å²) in [5, 5.41) is 20.6. The van der Waals surface area contributed by atoms with Crippen molar-refractivity contribution in [2.45, 2.75) is 13.0 Å². The van der Waals surface area contributed by atoms with E-state index in [-0.39, 0.29) is 24.7 Å². The van der Waals surface area contributed by atoms with E-state index in [2.05, 4.69) is 4.98 Å². The molecule has 7 heteroatoms. The van der Waals surface area contributed by atoms with E-state index in [4.69, 9.17) is 4.74 Å². The number of ether oxygens (including phenoxy) is 1. The number of nitrogens with zero attached hydrogens (tertiary/aromatic N) is 3. The lowest BCUT2D eigenvalue weighted by Gasteiger charge is -2.21. The number of rotatable bonds is 6. The zero-order valence-electron chi connectivity index (χ0n) is 10.7. The quantitative estimate of drug-likeness (QED) is 0.595. The number of aryl methyl sites for hydroxylation is 1. The molecule has 1 aromatic heterocycles. The van der Waals surface area contributed by atoms with Crippen LogP contribution in [0.1, 0.15) is 5.56 Å². The maximum atomic E-state index is 11.0. The molecule has 1 N–H and O–H groups in total. The lowest BCUT2D eigenvalue weighted by Crippen LogP contribution is -2.32. The largest absolute Gasteiger partial charge is 0.389 e. The number of methoxy groups -OCH3 is 1. The third kappa shape index (κ3) is 3.38. The van der Waals surface area contributed by atoms with Crippen molar-refractivity contribution in [1.29, 1.82) is 0 Å². The Morgan fingerprint density at radius 1 is 1.67 bits per heavy atom. The highest BCUT2D eigenvalue weighted by atomic mass is 16.6. The average Bonchev–Trinajstić information content (AvgIpc) is 2.28. The van der Waals surface area contributed by atoms with E-state index in [0.717, 1.165) is 0 Å². The average molecular weight is 255 g/mol. The number of aromatic nitrogens is 1. The first kappa shape index (κ1) is 14.3. The van der Waals surface area contributed by atoms with E-state index in [1.807, 2.05) is 0 Å². The van der Waals surface area contributed by atoms with Gasteiger partial charge in [-0.2, -0.15) is 0 Å². The molecule has 0 fully saturated rings. The van der Waals surface area contributed by atoms with Crippen LogP contribution in [0.2, 0.25) is 0 Å². The number of pyridine rings is 1. The van der Waals surface area contributed by atoms with E-state index in [1.54, 1.807) is 24.9 Å². The number of hydrogen-bond acceptors (Lipinski definition) is 6. The molecule has 100 valence electrons. The molecular formula is C11H17N3O4. The minimum atomic E-state index is -0.720. The fourth-order valence-corrected chi connectivity index (χ4v) is 1.69. The Morgan fingerprint density at radius 2 is 2.33 bits per heavy atom. The van der Waals surface area contributed by atoms with Crippen LogP contribution in [0, 0.1) is 17.0 Å². The van der Waals surface area contributed by atoms with Gasteiger partial charge in [-0.05, 0) is 13.0 Å². The smallest absolute Gasteiger partial charge is 0.314 e. The van der Waals surface area contributed by atoms with Crippen LogP contribution in [-0.4, -0.2) is 48.4 Å². The number of aliphatic hydroxyl groups is 1. The number of anilines is 1. The van der Waals surface area contributed by atoms with E-state index < -0.39 is 11.0 Å². The van der Waals surface area contributed by atoms with Gasteiger partial charge in [-0.3, -0.25) is 10.1 Å². The first-order chi connectivity index (χ1) is 8.47. The number of aliphatic hydroxyl groups excluding tert-OH is 1. The third-order valence-electron chi connectivity index (χ3n) is 2.49. The summed E-state index contributed by atoms with van der Waals surface area (Å²) in [5.41, 5.74) is 0.502. The van der Waals surface area contributed by atoms with Gasteiger partial charge in [0.25, 0.3) is 0 Å². The summed E-state index contributed by atoms with van der Waals surface area (Å²) in [7, 11) is 3.13. The number of nitro groups is 1. The molecule has 0 aromatic carbocycles. The van der Waals surface area contributed by atoms with E-state index in [0.29, 0.717) is 5.56 Å². The summed E-state index contributed by atoms with van der Waals surface area (Å²) in [6.07, 6.45) is 0.790. The lowest BCUT2D eigenvalue weighted by molar-refractivity contribution is -0.384.